The number of anilines is 1. The van der Waals surface area contributed by atoms with Crippen LogP contribution in [0, 0.1) is 11.3 Å². The fraction of sp³-hybridized carbons (Fsp3) is 0.467. The predicted octanol–water partition coefficient (Wildman–Crippen LogP) is 3.42. The minimum Gasteiger partial charge on any atom is -0.351 e. The molecule has 25 heavy (non-hydrogen) atoms. The summed E-state index contributed by atoms with van der Waals surface area (Å²) in [5.41, 5.74) is -2.52. The molecule has 1 atom stereocenters. The van der Waals surface area contributed by atoms with Gasteiger partial charge in [0.2, 0.25) is 5.91 Å². The van der Waals surface area contributed by atoms with Gasteiger partial charge < -0.3 is 9.80 Å². The van der Waals surface area contributed by atoms with Gasteiger partial charge in [0.25, 0.3) is 0 Å². The Morgan fingerprint density at radius 3 is 2.16 bits per heavy atom. The van der Waals surface area contributed by atoms with Crippen molar-refractivity contribution in [3.8, 4) is 6.07 Å². The molecule has 0 unspecified atom stereocenters. The van der Waals surface area contributed by atoms with Crippen molar-refractivity contribution in [1.82, 2.24) is 4.90 Å². The van der Waals surface area contributed by atoms with Crippen molar-refractivity contribution in [3.63, 3.8) is 0 Å². The second kappa shape index (κ2) is 7.21. The summed E-state index contributed by atoms with van der Waals surface area (Å²) in [6.45, 7) is -0.448. The molecule has 0 aliphatic rings. The normalized spacial score (nSPS) is 13.1. The van der Waals surface area contributed by atoms with Gasteiger partial charge in [-0.1, -0.05) is 0 Å². The van der Waals surface area contributed by atoms with Crippen LogP contribution in [0.2, 0.25) is 0 Å². The van der Waals surface area contributed by atoms with E-state index in [1.54, 1.807) is 0 Å². The van der Waals surface area contributed by atoms with Crippen molar-refractivity contribution >= 4 is 11.6 Å². The Morgan fingerprint density at radius 2 is 1.76 bits per heavy atom. The van der Waals surface area contributed by atoms with E-state index in [1.807, 2.05) is 0 Å². The number of nitriles is 1. The molecule has 0 saturated heterocycles. The first kappa shape index (κ1) is 20.6. The van der Waals surface area contributed by atoms with E-state index < -0.39 is 47.7 Å². The van der Waals surface area contributed by atoms with Crippen LogP contribution in [-0.2, 0) is 11.0 Å². The van der Waals surface area contributed by atoms with Crippen molar-refractivity contribution in [2.45, 2.75) is 25.3 Å². The van der Waals surface area contributed by atoms with Crippen molar-refractivity contribution in [3.05, 3.63) is 29.3 Å². The number of benzene rings is 1. The number of nitrogens with zero attached hydrogens (tertiary/aromatic N) is 3. The number of hydrogen-bond acceptors (Lipinski definition) is 3. The lowest BCUT2D eigenvalue weighted by molar-refractivity contribution is -0.137. The van der Waals surface area contributed by atoms with E-state index in [-0.39, 0.29) is 0 Å². The fourth-order valence-corrected chi connectivity index (χ4v) is 2.19. The number of carbonyl (C=O) groups excluding carboxylic acids is 1. The van der Waals surface area contributed by atoms with Crippen LogP contribution in [0.25, 0.3) is 0 Å². The predicted molar refractivity (Wildman–Crippen MR) is 77.7 cm³/mol. The van der Waals surface area contributed by atoms with E-state index in [4.69, 9.17) is 5.26 Å². The number of rotatable bonds is 4. The molecule has 0 spiro atoms. The molecule has 0 heterocycles. The van der Waals surface area contributed by atoms with Crippen LogP contribution in [0.15, 0.2) is 18.2 Å². The molecule has 0 aromatic heterocycles. The molecule has 0 aliphatic carbocycles. The van der Waals surface area contributed by atoms with E-state index in [0.717, 1.165) is 17.0 Å². The lowest BCUT2D eigenvalue weighted by atomic mass is 10.1. The largest absolute Gasteiger partial charge is 0.417 e. The maximum atomic E-state index is 13.0. The molecule has 0 bridgehead atoms. The first-order chi connectivity index (χ1) is 11.3. The summed E-state index contributed by atoms with van der Waals surface area (Å²) >= 11 is 0. The van der Waals surface area contributed by atoms with Crippen molar-refractivity contribution in [1.29, 1.82) is 5.26 Å². The molecule has 1 rings (SSSR count). The zero-order valence-electron chi connectivity index (χ0n) is 13.5. The second-order valence-corrected chi connectivity index (χ2v) is 5.49. The third-order valence-corrected chi connectivity index (χ3v) is 3.38. The quantitative estimate of drug-likeness (QED) is 0.766. The molecule has 0 fully saturated rings. The first-order valence-electron chi connectivity index (χ1n) is 6.94. The third-order valence-electron chi connectivity index (χ3n) is 3.38. The maximum Gasteiger partial charge on any atom is 0.417 e. The van der Waals surface area contributed by atoms with Gasteiger partial charge in [-0.05, 0) is 25.1 Å². The SMILES string of the molecule is C[C@@H](C(=O)N(C)C)N(CC(F)(F)F)c1ccc(C#N)c(C(F)(F)F)c1. The fourth-order valence-electron chi connectivity index (χ4n) is 2.19. The van der Waals surface area contributed by atoms with E-state index in [0.29, 0.717) is 11.0 Å². The van der Waals surface area contributed by atoms with Crippen LogP contribution in [0.1, 0.15) is 18.1 Å². The highest BCUT2D eigenvalue weighted by Gasteiger charge is 2.38. The Morgan fingerprint density at radius 1 is 1.20 bits per heavy atom. The second-order valence-electron chi connectivity index (χ2n) is 5.49. The standard InChI is InChI=1S/C15H15F6N3O/c1-9(13(25)23(2)3)24(8-14(16,17)18)11-5-4-10(7-22)12(6-11)15(19,20)21/h4-6,9H,8H2,1-3H3/t9-/m0/s1. The van der Waals surface area contributed by atoms with E-state index >= 15 is 0 Å². The van der Waals surface area contributed by atoms with Gasteiger partial charge in [0, 0.05) is 19.8 Å². The minimum atomic E-state index is -4.92. The molecule has 0 radical (unpaired) electrons. The van der Waals surface area contributed by atoms with Gasteiger partial charge >= 0.3 is 12.4 Å². The molecule has 10 heteroatoms. The molecule has 0 saturated carbocycles. The van der Waals surface area contributed by atoms with Crippen molar-refractivity contribution in [2.24, 2.45) is 0 Å². The molecular weight excluding hydrogens is 352 g/mol. The number of carbonyl (C=O) groups is 1. The van der Waals surface area contributed by atoms with Crippen molar-refractivity contribution in [2.75, 3.05) is 25.5 Å². The number of amides is 1. The van der Waals surface area contributed by atoms with Crippen LogP contribution >= 0.6 is 0 Å². The molecule has 138 valence electrons. The molecule has 1 aromatic carbocycles. The van der Waals surface area contributed by atoms with Gasteiger partial charge in [-0.25, -0.2) is 0 Å². The average Bonchev–Trinajstić information content (AvgIpc) is 2.48. The van der Waals surface area contributed by atoms with Gasteiger partial charge in [0.1, 0.15) is 12.6 Å². The van der Waals surface area contributed by atoms with E-state index in [1.165, 1.54) is 27.1 Å². The van der Waals surface area contributed by atoms with Gasteiger partial charge in [-0.3, -0.25) is 4.79 Å². The van der Waals surface area contributed by atoms with Gasteiger partial charge in [-0.15, -0.1) is 0 Å². The Labute approximate surface area is 140 Å². The Hall–Kier alpha value is -2.44. The van der Waals surface area contributed by atoms with Gasteiger partial charge in [0.15, 0.2) is 0 Å². The Bertz CT molecular complexity index is 675. The van der Waals surface area contributed by atoms with Crippen LogP contribution in [0.5, 0.6) is 0 Å². The smallest absolute Gasteiger partial charge is 0.351 e. The van der Waals surface area contributed by atoms with Crippen LogP contribution in [0.3, 0.4) is 0 Å². The highest BCUT2D eigenvalue weighted by Crippen LogP contribution is 2.35. The lowest BCUT2D eigenvalue weighted by Crippen LogP contribution is -2.48. The summed E-state index contributed by atoms with van der Waals surface area (Å²) in [6.07, 6.45) is -9.66. The van der Waals surface area contributed by atoms with Crippen molar-refractivity contribution < 1.29 is 31.1 Å². The summed E-state index contributed by atoms with van der Waals surface area (Å²) in [5, 5.41) is 8.76. The summed E-state index contributed by atoms with van der Waals surface area (Å²) in [6, 6.07) is 2.19. The zero-order valence-corrected chi connectivity index (χ0v) is 13.5. The van der Waals surface area contributed by atoms with Gasteiger partial charge in [0.05, 0.1) is 17.2 Å². The molecular formula is C15H15F6N3O. The number of likely N-dealkylation sites (N-methyl/N-ethyl adjacent to an activating group) is 1. The van der Waals surface area contributed by atoms with Gasteiger partial charge in [-0.2, -0.15) is 31.6 Å². The topological polar surface area (TPSA) is 47.3 Å². The summed E-state index contributed by atoms with van der Waals surface area (Å²) in [5.74, 6) is -0.706. The highest BCUT2D eigenvalue weighted by molar-refractivity contribution is 5.84. The monoisotopic (exact) mass is 367 g/mol. The molecule has 4 nitrogen and oxygen atoms in total. The Balaban J connectivity index is 3.45. The van der Waals surface area contributed by atoms with Crippen LogP contribution in [-0.4, -0.2) is 43.7 Å². The molecule has 1 amide bonds. The van der Waals surface area contributed by atoms with E-state index in [9.17, 15) is 31.1 Å². The highest BCUT2D eigenvalue weighted by atomic mass is 19.4. The lowest BCUT2D eigenvalue weighted by Gasteiger charge is -2.33. The summed E-state index contributed by atoms with van der Waals surface area (Å²) < 4.78 is 77.7. The summed E-state index contributed by atoms with van der Waals surface area (Å²) in [7, 11) is 2.65. The maximum absolute atomic E-state index is 13.0. The van der Waals surface area contributed by atoms with Crippen LogP contribution in [0.4, 0.5) is 32.0 Å². The number of hydrogen-bond donors (Lipinski definition) is 0. The van der Waals surface area contributed by atoms with Crippen LogP contribution < -0.4 is 4.90 Å². The Kier molecular flexibility index (Phi) is 5.94. The number of halogens is 6. The summed E-state index contributed by atoms with van der Waals surface area (Å²) in [4.78, 5) is 13.6. The minimum absolute atomic E-state index is 0.448. The first-order valence-corrected chi connectivity index (χ1v) is 6.94. The molecule has 1 aromatic rings. The molecule has 0 N–H and O–H groups in total. The third kappa shape index (κ3) is 5.27. The zero-order chi connectivity index (χ0) is 19.6. The molecule has 0 aliphatic heterocycles. The number of alkyl halides is 6. The van der Waals surface area contributed by atoms with E-state index in [2.05, 4.69) is 0 Å². The average molecular weight is 367 g/mol.